The Hall–Kier alpha value is -2.86. The van der Waals surface area contributed by atoms with Crippen molar-refractivity contribution in [1.82, 2.24) is 4.90 Å². The third kappa shape index (κ3) is 5.60. The largest absolute Gasteiger partial charge is 0.459 e. The first-order chi connectivity index (χ1) is 14.5. The molecule has 2 atom stereocenters. The molecule has 0 aliphatic carbocycles. The van der Waals surface area contributed by atoms with Crippen LogP contribution in [0.1, 0.15) is 49.0 Å². The van der Waals surface area contributed by atoms with E-state index in [0.29, 0.717) is 5.56 Å². The molecule has 0 bridgehead atoms. The molecule has 1 aliphatic heterocycles. The molecule has 2 aromatic carbocycles. The van der Waals surface area contributed by atoms with E-state index in [-0.39, 0.29) is 24.1 Å². The summed E-state index contributed by atoms with van der Waals surface area (Å²) in [6.07, 6.45) is 2.87. The van der Waals surface area contributed by atoms with Crippen molar-refractivity contribution in [1.29, 1.82) is 0 Å². The van der Waals surface area contributed by atoms with Crippen molar-refractivity contribution in [2.24, 2.45) is 0 Å². The summed E-state index contributed by atoms with van der Waals surface area (Å²) < 4.78 is 5.52. The molecule has 0 aromatic heterocycles. The molecule has 1 saturated heterocycles. The van der Waals surface area contributed by atoms with Crippen LogP contribution in [-0.4, -0.2) is 42.1 Å². The number of amides is 1. The van der Waals surface area contributed by atoms with Crippen LogP contribution in [0.3, 0.4) is 0 Å². The minimum Gasteiger partial charge on any atom is -0.459 e. The monoisotopic (exact) mass is 409 g/mol. The highest BCUT2D eigenvalue weighted by Crippen LogP contribution is 2.25. The number of carbonyl (C=O) groups excluding carboxylic acids is 2. The predicted octanol–water partition coefficient (Wildman–Crippen LogP) is 4.42. The van der Waals surface area contributed by atoms with Crippen molar-refractivity contribution < 1.29 is 14.3 Å². The van der Waals surface area contributed by atoms with Crippen LogP contribution in [0.4, 0.5) is 11.4 Å². The highest BCUT2D eigenvalue weighted by molar-refractivity contribution is 6.09. The maximum atomic E-state index is 13.1. The number of likely N-dealkylation sites (tertiary alicyclic amines) is 1. The van der Waals surface area contributed by atoms with Gasteiger partial charge in [-0.05, 0) is 50.5 Å². The fourth-order valence-electron chi connectivity index (χ4n) is 3.99. The van der Waals surface area contributed by atoms with E-state index < -0.39 is 0 Å². The van der Waals surface area contributed by atoms with Gasteiger partial charge in [-0.1, -0.05) is 36.8 Å². The predicted molar refractivity (Wildman–Crippen MR) is 120 cm³/mol. The van der Waals surface area contributed by atoms with Crippen molar-refractivity contribution in [3.63, 3.8) is 0 Å². The van der Waals surface area contributed by atoms with Gasteiger partial charge in [-0.3, -0.25) is 14.5 Å². The third-order valence-corrected chi connectivity index (χ3v) is 5.42. The first kappa shape index (κ1) is 21.8. The van der Waals surface area contributed by atoms with Gasteiger partial charge in [0.25, 0.3) is 5.91 Å². The summed E-state index contributed by atoms with van der Waals surface area (Å²) in [5.41, 5.74) is 2.96. The number of benzene rings is 2. The number of piperidine rings is 1. The second-order valence-electron chi connectivity index (χ2n) is 7.82. The molecule has 0 radical (unpaired) electrons. The summed E-state index contributed by atoms with van der Waals surface area (Å²) in [5.74, 6) is -0.475. The van der Waals surface area contributed by atoms with Crippen molar-refractivity contribution in [2.75, 3.05) is 23.7 Å². The molecule has 1 aliphatic rings. The molecular formula is C24H31N3O3. The molecule has 2 aromatic rings. The molecule has 1 fully saturated rings. The Kier molecular flexibility index (Phi) is 7.46. The SMILES string of the molecule is CC(=O)OC(C)C(Nc1cccc(C)c1C(=O)Nc1ccccc1)N1CCCCC1. The minimum absolute atomic E-state index is 0.167. The maximum Gasteiger partial charge on any atom is 0.303 e. The molecule has 2 N–H and O–H groups in total. The Morgan fingerprint density at radius 2 is 1.70 bits per heavy atom. The number of rotatable bonds is 7. The van der Waals surface area contributed by atoms with Crippen LogP contribution in [-0.2, 0) is 9.53 Å². The van der Waals surface area contributed by atoms with Crippen LogP contribution < -0.4 is 10.6 Å². The summed E-state index contributed by atoms with van der Waals surface area (Å²) in [6.45, 7) is 7.11. The van der Waals surface area contributed by atoms with Gasteiger partial charge in [-0.2, -0.15) is 0 Å². The van der Waals surface area contributed by atoms with E-state index in [1.54, 1.807) is 0 Å². The lowest BCUT2D eigenvalue weighted by Gasteiger charge is -2.38. The van der Waals surface area contributed by atoms with Gasteiger partial charge in [0.1, 0.15) is 12.3 Å². The fourth-order valence-corrected chi connectivity index (χ4v) is 3.99. The maximum absolute atomic E-state index is 13.1. The molecule has 3 rings (SSSR count). The number of anilines is 2. The number of aryl methyl sites for hydroxylation is 1. The van der Waals surface area contributed by atoms with Gasteiger partial charge in [0, 0.05) is 31.4 Å². The quantitative estimate of drug-likeness (QED) is 0.663. The van der Waals surface area contributed by atoms with Crippen molar-refractivity contribution >= 4 is 23.3 Å². The van der Waals surface area contributed by atoms with E-state index in [0.717, 1.165) is 42.9 Å². The number of hydrogen-bond acceptors (Lipinski definition) is 5. The van der Waals surface area contributed by atoms with Gasteiger partial charge in [0.15, 0.2) is 0 Å². The average Bonchev–Trinajstić information content (AvgIpc) is 2.72. The number of carbonyl (C=O) groups is 2. The molecule has 160 valence electrons. The van der Waals surface area contributed by atoms with Gasteiger partial charge in [0.05, 0.1) is 5.56 Å². The van der Waals surface area contributed by atoms with Crippen LogP contribution in [0.15, 0.2) is 48.5 Å². The fraction of sp³-hybridized carbons (Fsp3) is 0.417. The average molecular weight is 410 g/mol. The van der Waals surface area contributed by atoms with Gasteiger partial charge >= 0.3 is 5.97 Å². The summed E-state index contributed by atoms with van der Waals surface area (Å²) >= 11 is 0. The van der Waals surface area contributed by atoms with E-state index >= 15 is 0 Å². The zero-order valence-corrected chi connectivity index (χ0v) is 18.0. The Bertz CT molecular complexity index is 863. The highest BCUT2D eigenvalue weighted by Gasteiger charge is 2.29. The lowest BCUT2D eigenvalue weighted by atomic mass is 10.0. The van der Waals surface area contributed by atoms with E-state index in [4.69, 9.17) is 4.74 Å². The molecule has 30 heavy (non-hydrogen) atoms. The van der Waals surface area contributed by atoms with Crippen LogP contribution >= 0.6 is 0 Å². The molecular weight excluding hydrogens is 378 g/mol. The number of para-hydroxylation sites is 1. The summed E-state index contributed by atoms with van der Waals surface area (Å²) in [6, 6.07) is 15.2. The number of esters is 1. The summed E-state index contributed by atoms with van der Waals surface area (Å²) in [4.78, 5) is 27.0. The zero-order chi connectivity index (χ0) is 21.5. The standard InChI is InChI=1S/C24H31N3O3/c1-17-11-10-14-21(22(17)24(29)25-20-12-6-4-7-13-20)26-23(18(2)30-19(3)28)27-15-8-5-9-16-27/h4,6-7,10-14,18,23,26H,5,8-9,15-16H2,1-3H3,(H,25,29). The lowest BCUT2D eigenvalue weighted by Crippen LogP contribution is -2.51. The normalized spacial score (nSPS) is 16.4. The van der Waals surface area contributed by atoms with Gasteiger partial charge in [0.2, 0.25) is 0 Å². The Morgan fingerprint density at radius 1 is 1.00 bits per heavy atom. The van der Waals surface area contributed by atoms with E-state index in [9.17, 15) is 9.59 Å². The topological polar surface area (TPSA) is 70.7 Å². The van der Waals surface area contributed by atoms with E-state index in [2.05, 4.69) is 15.5 Å². The van der Waals surface area contributed by atoms with Crippen molar-refractivity contribution in [3.8, 4) is 0 Å². The van der Waals surface area contributed by atoms with Gasteiger partial charge < -0.3 is 15.4 Å². The van der Waals surface area contributed by atoms with Gasteiger partial charge in [-0.25, -0.2) is 0 Å². The van der Waals surface area contributed by atoms with Crippen LogP contribution in [0.5, 0.6) is 0 Å². The molecule has 0 saturated carbocycles. The number of ether oxygens (including phenoxy) is 1. The Balaban J connectivity index is 1.87. The van der Waals surface area contributed by atoms with Crippen molar-refractivity contribution in [2.45, 2.75) is 52.3 Å². The Labute approximate surface area is 178 Å². The number of nitrogens with one attached hydrogen (secondary N) is 2. The second-order valence-corrected chi connectivity index (χ2v) is 7.82. The van der Waals surface area contributed by atoms with Crippen LogP contribution in [0.25, 0.3) is 0 Å². The van der Waals surface area contributed by atoms with Crippen molar-refractivity contribution in [3.05, 3.63) is 59.7 Å². The second kappa shape index (κ2) is 10.3. The highest BCUT2D eigenvalue weighted by atomic mass is 16.5. The lowest BCUT2D eigenvalue weighted by molar-refractivity contribution is -0.148. The van der Waals surface area contributed by atoms with Gasteiger partial charge in [-0.15, -0.1) is 0 Å². The molecule has 1 heterocycles. The first-order valence-electron chi connectivity index (χ1n) is 10.6. The smallest absolute Gasteiger partial charge is 0.303 e. The van der Waals surface area contributed by atoms with E-state index in [1.165, 1.54) is 13.3 Å². The zero-order valence-electron chi connectivity index (χ0n) is 18.0. The first-order valence-corrected chi connectivity index (χ1v) is 10.6. The Morgan fingerprint density at radius 3 is 2.37 bits per heavy atom. The number of nitrogens with zero attached hydrogens (tertiary/aromatic N) is 1. The molecule has 2 unspecified atom stereocenters. The summed E-state index contributed by atoms with van der Waals surface area (Å²) in [7, 11) is 0. The number of hydrogen-bond donors (Lipinski definition) is 2. The van der Waals surface area contributed by atoms with Crippen LogP contribution in [0.2, 0.25) is 0 Å². The molecule has 6 heteroatoms. The third-order valence-electron chi connectivity index (χ3n) is 5.42. The molecule has 0 spiro atoms. The molecule has 1 amide bonds. The van der Waals surface area contributed by atoms with E-state index in [1.807, 2.05) is 62.4 Å². The van der Waals surface area contributed by atoms with Crippen LogP contribution in [0, 0.1) is 6.92 Å². The minimum atomic E-state index is -0.355. The molecule has 6 nitrogen and oxygen atoms in total. The summed E-state index contributed by atoms with van der Waals surface area (Å²) in [5, 5.41) is 6.49.